The normalized spacial score (nSPS) is 11.1. The van der Waals surface area contributed by atoms with E-state index in [9.17, 15) is 13.2 Å². The van der Waals surface area contributed by atoms with Crippen LogP contribution in [0.2, 0.25) is 5.02 Å². The van der Waals surface area contributed by atoms with E-state index in [-0.39, 0.29) is 15.5 Å². The van der Waals surface area contributed by atoms with Crippen molar-refractivity contribution >= 4 is 33.5 Å². The summed E-state index contributed by atoms with van der Waals surface area (Å²) in [6, 6.07) is 2.35. The summed E-state index contributed by atoms with van der Waals surface area (Å²) in [7, 11) is -3.96. The maximum Gasteiger partial charge on any atom is 0.281 e. The van der Waals surface area contributed by atoms with Crippen molar-refractivity contribution in [1.82, 2.24) is 0 Å². The van der Waals surface area contributed by atoms with Crippen molar-refractivity contribution in [2.45, 2.75) is 11.8 Å². The van der Waals surface area contributed by atoms with E-state index in [1.54, 1.807) is 0 Å². The van der Waals surface area contributed by atoms with Crippen LogP contribution in [0.1, 0.15) is 15.9 Å². The second-order valence-corrected chi connectivity index (χ2v) is 5.42. The minimum atomic E-state index is -3.96. The quantitative estimate of drug-likeness (QED) is 0.507. The highest BCUT2D eigenvalue weighted by Crippen LogP contribution is 2.24. The Morgan fingerprint density at radius 3 is 2.33 bits per heavy atom. The summed E-state index contributed by atoms with van der Waals surface area (Å²) in [6.07, 6.45) is 0. The molecule has 0 aliphatic rings. The highest BCUT2D eigenvalue weighted by molar-refractivity contribution is 7.89. The Labute approximate surface area is 109 Å². The van der Waals surface area contributed by atoms with Gasteiger partial charge in [-0.25, -0.2) is 13.6 Å². The molecule has 98 valence electrons. The first-order chi connectivity index (χ1) is 8.12. The van der Waals surface area contributed by atoms with Crippen LogP contribution in [0.25, 0.3) is 0 Å². The molecule has 0 fully saturated rings. The van der Waals surface area contributed by atoms with Crippen molar-refractivity contribution in [3.63, 3.8) is 0 Å². The first-order valence-electron chi connectivity index (χ1n) is 4.60. The SMILES string of the molecule is Cc1cc(Cl)c(C(=O)N=C(N)N)cc1S(N)(=O)=O. The first-order valence-corrected chi connectivity index (χ1v) is 6.52. The van der Waals surface area contributed by atoms with E-state index in [4.69, 9.17) is 28.2 Å². The third-order valence-electron chi connectivity index (χ3n) is 2.03. The smallest absolute Gasteiger partial charge is 0.281 e. The van der Waals surface area contributed by atoms with E-state index in [0.29, 0.717) is 5.56 Å². The van der Waals surface area contributed by atoms with E-state index in [0.717, 1.165) is 6.07 Å². The number of primary sulfonamides is 1. The highest BCUT2D eigenvalue weighted by atomic mass is 35.5. The van der Waals surface area contributed by atoms with Crippen LogP contribution < -0.4 is 16.6 Å². The number of carbonyl (C=O) groups is 1. The summed E-state index contributed by atoms with van der Waals surface area (Å²) in [5, 5.41) is 5.05. The molecule has 1 aromatic rings. The second kappa shape index (κ2) is 4.92. The number of hydrogen-bond donors (Lipinski definition) is 3. The molecule has 1 amide bonds. The van der Waals surface area contributed by atoms with Crippen molar-refractivity contribution in [3.05, 3.63) is 28.3 Å². The average Bonchev–Trinajstić information content (AvgIpc) is 2.13. The number of nitrogens with zero attached hydrogens (tertiary/aromatic N) is 1. The van der Waals surface area contributed by atoms with Gasteiger partial charge in [0.1, 0.15) is 0 Å². The van der Waals surface area contributed by atoms with Gasteiger partial charge in [0.2, 0.25) is 10.0 Å². The summed E-state index contributed by atoms with van der Waals surface area (Å²) >= 11 is 5.82. The summed E-state index contributed by atoms with van der Waals surface area (Å²) in [6.45, 7) is 1.50. The zero-order valence-corrected chi connectivity index (χ0v) is 10.9. The van der Waals surface area contributed by atoms with Gasteiger partial charge in [-0.2, -0.15) is 4.99 Å². The second-order valence-electron chi connectivity index (χ2n) is 3.48. The van der Waals surface area contributed by atoms with E-state index < -0.39 is 21.9 Å². The lowest BCUT2D eigenvalue weighted by Crippen LogP contribution is -2.24. The molecule has 0 bridgehead atoms. The van der Waals surface area contributed by atoms with E-state index >= 15 is 0 Å². The molecule has 7 nitrogen and oxygen atoms in total. The van der Waals surface area contributed by atoms with Crippen molar-refractivity contribution in [3.8, 4) is 0 Å². The average molecular weight is 291 g/mol. The molecule has 18 heavy (non-hydrogen) atoms. The molecule has 6 N–H and O–H groups in total. The van der Waals surface area contributed by atoms with Gasteiger partial charge in [0.15, 0.2) is 5.96 Å². The summed E-state index contributed by atoms with van der Waals surface area (Å²) < 4.78 is 22.6. The van der Waals surface area contributed by atoms with Gasteiger partial charge >= 0.3 is 0 Å². The monoisotopic (exact) mass is 290 g/mol. The Bertz CT molecular complexity index is 635. The number of hydrogen-bond acceptors (Lipinski definition) is 3. The number of aryl methyl sites for hydroxylation is 1. The lowest BCUT2D eigenvalue weighted by atomic mass is 10.1. The van der Waals surface area contributed by atoms with Crippen LogP contribution in [0.5, 0.6) is 0 Å². The summed E-state index contributed by atoms with van der Waals surface area (Å²) in [4.78, 5) is 14.7. The molecule has 0 spiro atoms. The molecule has 0 saturated carbocycles. The third-order valence-corrected chi connectivity index (χ3v) is 3.40. The number of nitrogens with two attached hydrogens (primary N) is 3. The fraction of sp³-hybridized carbons (Fsp3) is 0.111. The van der Waals surface area contributed by atoms with Gasteiger partial charge in [0, 0.05) is 0 Å². The fourth-order valence-corrected chi connectivity index (χ4v) is 2.39. The van der Waals surface area contributed by atoms with Crippen LogP contribution in [-0.2, 0) is 10.0 Å². The van der Waals surface area contributed by atoms with Gasteiger partial charge in [-0.1, -0.05) is 11.6 Å². The zero-order valence-electron chi connectivity index (χ0n) is 9.34. The Morgan fingerprint density at radius 1 is 1.33 bits per heavy atom. The minimum Gasteiger partial charge on any atom is -0.370 e. The van der Waals surface area contributed by atoms with Crippen molar-refractivity contribution in [2.75, 3.05) is 0 Å². The predicted octanol–water partition coefficient (Wildman–Crippen LogP) is -0.291. The van der Waals surface area contributed by atoms with Gasteiger partial charge in [-0.15, -0.1) is 0 Å². The largest absolute Gasteiger partial charge is 0.370 e. The standard InChI is InChI=1S/C9H11ClN4O3S/c1-4-2-6(10)5(8(15)14-9(11)12)3-7(4)18(13,16)17/h2-3H,1H3,(H2,13,16,17)(H4,11,12,14,15). The summed E-state index contributed by atoms with van der Waals surface area (Å²) in [5.41, 5.74) is 10.3. The number of benzene rings is 1. The topological polar surface area (TPSA) is 142 Å². The minimum absolute atomic E-state index is 0.0369. The number of rotatable bonds is 2. The van der Waals surface area contributed by atoms with E-state index in [1.165, 1.54) is 13.0 Å². The van der Waals surface area contributed by atoms with Crippen LogP contribution in [0.3, 0.4) is 0 Å². The van der Waals surface area contributed by atoms with E-state index in [1.807, 2.05) is 0 Å². The number of guanidine groups is 1. The van der Waals surface area contributed by atoms with Crippen LogP contribution in [-0.4, -0.2) is 20.3 Å². The van der Waals surface area contributed by atoms with Gasteiger partial charge in [-0.05, 0) is 24.6 Å². The number of aliphatic imine (C=N–C) groups is 1. The van der Waals surface area contributed by atoms with Crippen LogP contribution in [0.15, 0.2) is 22.0 Å². The molecule has 0 aliphatic carbocycles. The lowest BCUT2D eigenvalue weighted by molar-refractivity contribution is 0.100. The zero-order chi connectivity index (χ0) is 14.1. The van der Waals surface area contributed by atoms with Crippen LogP contribution in [0.4, 0.5) is 0 Å². The first kappa shape index (κ1) is 14.4. The van der Waals surface area contributed by atoms with Gasteiger partial charge in [0.25, 0.3) is 5.91 Å². The van der Waals surface area contributed by atoms with Gasteiger partial charge < -0.3 is 11.5 Å². The molecule has 1 aromatic carbocycles. The Morgan fingerprint density at radius 2 is 1.89 bits per heavy atom. The molecule has 1 rings (SSSR count). The summed E-state index contributed by atoms with van der Waals surface area (Å²) in [5.74, 6) is -1.29. The fourth-order valence-electron chi connectivity index (χ4n) is 1.30. The predicted molar refractivity (Wildman–Crippen MR) is 67.7 cm³/mol. The lowest BCUT2D eigenvalue weighted by Gasteiger charge is -2.07. The number of carbonyl (C=O) groups excluding carboxylic acids is 1. The Kier molecular flexibility index (Phi) is 3.95. The van der Waals surface area contributed by atoms with Gasteiger partial charge in [0.05, 0.1) is 15.5 Å². The highest BCUT2D eigenvalue weighted by Gasteiger charge is 2.18. The molecule has 9 heteroatoms. The number of sulfonamides is 1. The molecule has 0 unspecified atom stereocenters. The molecule has 0 heterocycles. The molecular weight excluding hydrogens is 280 g/mol. The third kappa shape index (κ3) is 3.19. The molecule has 0 atom stereocenters. The molecule has 0 aromatic heterocycles. The molecule has 0 saturated heterocycles. The maximum atomic E-state index is 11.6. The van der Waals surface area contributed by atoms with Crippen molar-refractivity contribution < 1.29 is 13.2 Å². The van der Waals surface area contributed by atoms with Crippen molar-refractivity contribution in [2.24, 2.45) is 21.6 Å². The number of amides is 1. The Balaban J connectivity index is 3.49. The Hall–Kier alpha value is -1.64. The molecule has 0 aliphatic heterocycles. The number of halogens is 1. The van der Waals surface area contributed by atoms with Gasteiger partial charge in [-0.3, -0.25) is 4.79 Å². The van der Waals surface area contributed by atoms with Crippen molar-refractivity contribution in [1.29, 1.82) is 0 Å². The van der Waals surface area contributed by atoms with Crippen LogP contribution >= 0.6 is 11.6 Å². The van der Waals surface area contributed by atoms with Crippen LogP contribution in [0, 0.1) is 6.92 Å². The maximum absolute atomic E-state index is 11.6. The van der Waals surface area contributed by atoms with E-state index in [2.05, 4.69) is 4.99 Å². The molecular formula is C9H11ClN4O3S. The molecule has 0 radical (unpaired) electrons.